The third kappa shape index (κ3) is 4.12. The van der Waals surface area contributed by atoms with Crippen molar-refractivity contribution in [1.29, 1.82) is 0 Å². The van der Waals surface area contributed by atoms with Gasteiger partial charge in [-0.25, -0.2) is 0 Å². The number of hydrogen-bond acceptors (Lipinski definition) is 7. The summed E-state index contributed by atoms with van der Waals surface area (Å²) in [5.41, 5.74) is 1.03. The van der Waals surface area contributed by atoms with Gasteiger partial charge in [-0.3, -0.25) is 9.59 Å². The van der Waals surface area contributed by atoms with Crippen molar-refractivity contribution in [2.45, 2.75) is 13.3 Å². The first-order valence-corrected chi connectivity index (χ1v) is 9.35. The molecule has 0 saturated heterocycles. The fourth-order valence-corrected chi connectivity index (χ4v) is 3.48. The van der Waals surface area contributed by atoms with Crippen LogP contribution < -0.4 is 23.7 Å². The molecule has 1 heterocycles. The second-order valence-electron chi connectivity index (χ2n) is 6.90. The van der Waals surface area contributed by atoms with Gasteiger partial charge < -0.3 is 28.8 Å². The van der Waals surface area contributed by atoms with Crippen molar-refractivity contribution in [2.75, 3.05) is 28.1 Å². The third-order valence-electron chi connectivity index (χ3n) is 5.17. The Morgan fingerprint density at radius 2 is 1.63 bits per heavy atom. The molecule has 160 valence electrons. The average Bonchev–Trinajstić information content (AvgIpc) is 3.23. The molecule has 2 aromatic rings. The Bertz CT molecular complexity index is 927. The van der Waals surface area contributed by atoms with Crippen LogP contribution in [0.1, 0.15) is 22.8 Å². The third-order valence-corrected chi connectivity index (χ3v) is 5.17. The highest BCUT2D eigenvalue weighted by Gasteiger charge is 2.32. The molecule has 0 spiro atoms. The van der Waals surface area contributed by atoms with Crippen LogP contribution >= 0.6 is 0 Å². The normalized spacial score (nSPS) is 14.0. The van der Waals surface area contributed by atoms with Crippen molar-refractivity contribution in [3.05, 3.63) is 41.5 Å². The summed E-state index contributed by atoms with van der Waals surface area (Å²) in [6, 6.07) is 8.23. The predicted molar refractivity (Wildman–Crippen MR) is 107 cm³/mol. The molecule has 0 amide bonds. The molecule has 0 saturated carbocycles. The molecule has 30 heavy (non-hydrogen) atoms. The van der Waals surface area contributed by atoms with Crippen LogP contribution in [0.5, 0.6) is 28.7 Å². The first kappa shape index (κ1) is 21.3. The fraction of sp³-hybridized carbons (Fsp3) is 0.364. The fourth-order valence-electron chi connectivity index (χ4n) is 3.48. The Labute approximate surface area is 174 Å². The maximum atomic E-state index is 13.0. The molecule has 0 aromatic heterocycles. The first-order valence-electron chi connectivity index (χ1n) is 9.35. The van der Waals surface area contributed by atoms with E-state index in [0.717, 1.165) is 0 Å². The molecule has 3 rings (SSSR count). The van der Waals surface area contributed by atoms with Gasteiger partial charge >= 0.3 is 5.97 Å². The Morgan fingerprint density at radius 3 is 2.20 bits per heavy atom. The van der Waals surface area contributed by atoms with E-state index in [2.05, 4.69) is 0 Å². The van der Waals surface area contributed by atoms with E-state index in [4.69, 9.17) is 23.7 Å². The van der Waals surface area contributed by atoms with E-state index in [-0.39, 0.29) is 19.0 Å². The zero-order valence-corrected chi connectivity index (χ0v) is 17.3. The number of rotatable bonds is 9. The van der Waals surface area contributed by atoms with Crippen LogP contribution in [0.4, 0.5) is 0 Å². The second kappa shape index (κ2) is 8.94. The molecule has 8 heteroatoms. The smallest absolute Gasteiger partial charge is 0.307 e. The van der Waals surface area contributed by atoms with Gasteiger partial charge in [-0.15, -0.1) is 0 Å². The number of ketones is 1. The van der Waals surface area contributed by atoms with Crippen LogP contribution in [0.15, 0.2) is 30.3 Å². The van der Waals surface area contributed by atoms with Gasteiger partial charge in [-0.2, -0.15) is 0 Å². The standard InChI is InChI=1S/C22H24O8/c1-12(20(23)14-5-6-16-17(10-14)30-11-29-16)15(22(24)25)7-13-8-18(26-2)21(28-4)19(9-13)27-3/h5-6,8-10,12,15H,7,11H2,1-4H3,(H,24,25)/t12-,15+/m1/s1. The van der Waals surface area contributed by atoms with E-state index < -0.39 is 17.8 Å². The van der Waals surface area contributed by atoms with Gasteiger partial charge in [0, 0.05) is 11.5 Å². The van der Waals surface area contributed by atoms with E-state index in [1.54, 1.807) is 37.3 Å². The van der Waals surface area contributed by atoms with E-state index in [1.807, 2.05) is 0 Å². The molecule has 2 atom stereocenters. The molecule has 1 aliphatic heterocycles. The van der Waals surface area contributed by atoms with Gasteiger partial charge in [0.05, 0.1) is 27.2 Å². The lowest BCUT2D eigenvalue weighted by Crippen LogP contribution is -2.29. The molecule has 0 unspecified atom stereocenters. The van der Waals surface area contributed by atoms with Crippen LogP contribution in [0.25, 0.3) is 0 Å². The van der Waals surface area contributed by atoms with E-state index in [0.29, 0.717) is 39.9 Å². The van der Waals surface area contributed by atoms with Crippen molar-refractivity contribution in [2.24, 2.45) is 11.8 Å². The van der Waals surface area contributed by atoms with Crippen molar-refractivity contribution in [1.82, 2.24) is 0 Å². The van der Waals surface area contributed by atoms with Gasteiger partial charge in [-0.05, 0) is 42.3 Å². The summed E-state index contributed by atoms with van der Waals surface area (Å²) < 4.78 is 26.6. The van der Waals surface area contributed by atoms with E-state index in [1.165, 1.54) is 21.3 Å². The second-order valence-corrected chi connectivity index (χ2v) is 6.90. The highest BCUT2D eigenvalue weighted by molar-refractivity contribution is 6.00. The molecule has 2 aromatic carbocycles. The largest absolute Gasteiger partial charge is 0.493 e. The highest BCUT2D eigenvalue weighted by atomic mass is 16.7. The van der Waals surface area contributed by atoms with Crippen LogP contribution in [-0.4, -0.2) is 45.0 Å². The quantitative estimate of drug-likeness (QED) is 0.622. The lowest BCUT2D eigenvalue weighted by Gasteiger charge is -2.21. The summed E-state index contributed by atoms with van der Waals surface area (Å²) in [6.45, 7) is 1.71. The predicted octanol–water partition coefficient (Wildman–Crippen LogP) is 3.20. The molecule has 1 aliphatic rings. The summed E-state index contributed by atoms with van der Waals surface area (Å²) in [6.07, 6.45) is 0.115. The number of benzene rings is 2. The number of carboxylic acid groups (broad SMARTS) is 1. The monoisotopic (exact) mass is 416 g/mol. The maximum absolute atomic E-state index is 13.0. The number of carbonyl (C=O) groups excluding carboxylic acids is 1. The first-order chi connectivity index (χ1) is 14.4. The van der Waals surface area contributed by atoms with E-state index in [9.17, 15) is 14.7 Å². The van der Waals surface area contributed by atoms with Crippen molar-refractivity contribution >= 4 is 11.8 Å². The van der Waals surface area contributed by atoms with Crippen LogP contribution in [0.3, 0.4) is 0 Å². The summed E-state index contributed by atoms with van der Waals surface area (Å²) in [5.74, 6) is -0.779. The Balaban J connectivity index is 1.87. The topological polar surface area (TPSA) is 101 Å². The number of ether oxygens (including phenoxy) is 5. The molecule has 8 nitrogen and oxygen atoms in total. The number of hydrogen-bond donors (Lipinski definition) is 1. The summed E-state index contributed by atoms with van der Waals surface area (Å²) in [5, 5.41) is 9.83. The molecule has 0 aliphatic carbocycles. The number of aliphatic carboxylic acids is 1. The Kier molecular flexibility index (Phi) is 6.34. The van der Waals surface area contributed by atoms with E-state index >= 15 is 0 Å². The number of carbonyl (C=O) groups is 2. The highest BCUT2D eigenvalue weighted by Crippen LogP contribution is 2.39. The molecule has 1 N–H and O–H groups in total. The molecule has 0 bridgehead atoms. The summed E-state index contributed by atoms with van der Waals surface area (Å²) in [7, 11) is 4.47. The number of carboxylic acids is 1. The lowest BCUT2D eigenvalue weighted by molar-refractivity contribution is -0.142. The Hall–Kier alpha value is -3.42. The summed E-state index contributed by atoms with van der Waals surface area (Å²) in [4.78, 5) is 25.0. The molecular formula is C22H24O8. The molecular weight excluding hydrogens is 392 g/mol. The van der Waals surface area contributed by atoms with Gasteiger partial charge in [0.2, 0.25) is 12.5 Å². The minimum absolute atomic E-state index is 0.0986. The Morgan fingerprint density at radius 1 is 1.00 bits per heavy atom. The summed E-state index contributed by atoms with van der Waals surface area (Å²) >= 11 is 0. The number of Topliss-reactive ketones (excluding diaryl/α,β-unsaturated/α-hetero) is 1. The number of methoxy groups -OCH3 is 3. The van der Waals surface area contributed by atoms with Gasteiger partial charge in [0.25, 0.3) is 0 Å². The zero-order valence-electron chi connectivity index (χ0n) is 17.3. The van der Waals surface area contributed by atoms with Crippen molar-refractivity contribution in [3.8, 4) is 28.7 Å². The number of fused-ring (bicyclic) bond motifs is 1. The van der Waals surface area contributed by atoms with Gasteiger partial charge in [-0.1, -0.05) is 6.92 Å². The van der Waals surface area contributed by atoms with Crippen LogP contribution in [0, 0.1) is 11.8 Å². The average molecular weight is 416 g/mol. The minimum Gasteiger partial charge on any atom is -0.493 e. The molecule has 0 radical (unpaired) electrons. The van der Waals surface area contributed by atoms with Gasteiger partial charge in [0.15, 0.2) is 28.8 Å². The minimum atomic E-state index is -1.06. The van der Waals surface area contributed by atoms with Crippen molar-refractivity contribution in [3.63, 3.8) is 0 Å². The lowest BCUT2D eigenvalue weighted by atomic mass is 9.83. The van der Waals surface area contributed by atoms with Crippen LogP contribution in [-0.2, 0) is 11.2 Å². The maximum Gasteiger partial charge on any atom is 0.307 e. The van der Waals surface area contributed by atoms with Crippen molar-refractivity contribution < 1.29 is 38.4 Å². The van der Waals surface area contributed by atoms with Gasteiger partial charge in [0.1, 0.15) is 0 Å². The molecule has 0 fully saturated rings. The SMILES string of the molecule is COc1cc(C[C@H](C(=O)O)[C@@H](C)C(=O)c2ccc3c(c2)OCO3)cc(OC)c1OC. The zero-order chi connectivity index (χ0) is 21.8. The van der Waals surface area contributed by atoms with Crippen LogP contribution in [0.2, 0.25) is 0 Å².